The van der Waals surface area contributed by atoms with Gasteiger partial charge in [-0.05, 0) is 47.2 Å². The first kappa shape index (κ1) is 16.7. The fourth-order valence-electron chi connectivity index (χ4n) is 1.33. The summed E-state index contributed by atoms with van der Waals surface area (Å²) >= 11 is 8.01. The van der Waals surface area contributed by atoms with Crippen molar-refractivity contribution >= 4 is 57.8 Å². The van der Waals surface area contributed by atoms with E-state index in [2.05, 4.69) is 33.2 Å². The summed E-state index contributed by atoms with van der Waals surface area (Å²) in [5.41, 5.74) is 0.392. The molecule has 0 saturated heterocycles. The summed E-state index contributed by atoms with van der Waals surface area (Å²) in [4.78, 5) is 33.2. The number of hydrogen-bond donors (Lipinski definition) is 3. The van der Waals surface area contributed by atoms with Gasteiger partial charge in [0.05, 0.1) is 10.7 Å². The number of rotatable bonds is 5. The van der Waals surface area contributed by atoms with Gasteiger partial charge in [-0.1, -0.05) is 11.6 Å². The molecule has 0 aromatic heterocycles. The average molecular weight is 411 g/mol. The maximum Gasteiger partial charge on any atom is 0.325 e. The van der Waals surface area contributed by atoms with E-state index in [1.165, 1.54) is 0 Å². The van der Waals surface area contributed by atoms with E-state index in [-0.39, 0.29) is 19.3 Å². The second-order valence-corrected chi connectivity index (χ2v) is 5.53. The number of aliphatic carboxylic acids is 1. The largest absolute Gasteiger partial charge is 0.481 e. The number of carboxylic acid groups (broad SMARTS) is 1. The number of halogens is 2. The van der Waals surface area contributed by atoms with Crippen LogP contribution in [-0.4, -0.2) is 23.0 Å². The van der Waals surface area contributed by atoms with E-state index < -0.39 is 17.9 Å². The van der Waals surface area contributed by atoms with Gasteiger partial charge in [-0.3, -0.25) is 14.9 Å². The molecule has 0 aliphatic carbocycles. The highest BCUT2D eigenvalue weighted by molar-refractivity contribution is 14.1. The van der Waals surface area contributed by atoms with Crippen molar-refractivity contribution in [3.8, 4) is 0 Å². The van der Waals surface area contributed by atoms with Crippen LogP contribution in [0.2, 0.25) is 5.02 Å². The fourth-order valence-corrected chi connectivity index (χ4v) is 2.24. The fraction of sp³-hybridized carbons (Fsp3) is 0.250. The summed E-state index contributed by atoms with van der Waals surface area (Å²) in [7, 11) is 0. The van der Waals surface area contributed by atoms with Gasteiger partial charge in [0, 0.05) is 16.4 Å². The molecule has 8 heteroatoms. The Bertz CT molecular complexity index is 536. The van der Waals surface area contributed by atoms with Gasteiger partial charge in [0.15, 0.2) is 0 Å². The molecular formula is C12H12ClIN2O4. The lowest BCUT2D eigenvalue weighted by Gasteiger charge is -2.08. The molecule has 3 amide bonds. The SMILES string of the molecule is O=C(O)CCCC(=O)NC(=O)Nc1ccc(I)cc1Cl. The Hall–Kier alpha value is -1.35. The van der Waals surface area contributed by atoms with Crippen LogP contribution >= 0.6 is 34.2 Å². The minimum absolute atomic E-state index is 0.0276. The van der Waals surface area contributed by atoms with Crippen LogP contribution in [0.4, 0.5) is 10.5 Å². The minimum Gasteiger partial charge on any atom is -0.481 e. The van der Waals surface area contributed by atoms with Gasteiger partial charge >= 0.3 is 12.0 Å². The van der Waals surface area contributed by atoms with Gasteiger partial charge in [-0.15, -0.1) is 0 Å². The Morgan fingerprint density at radius 1 is 1.25 bits per heavy atom. The van der Waals surface area contributed by atoms with Gasteiger partial charge in [0.25, 0.3) is 0 Å². The minimum atomic E-state index is -0.979. The van der Waals surface area contributed by atoms with E-state index in [4.69, 9.17) is 16.7 Å². The number of carboxylic acids is 1. The number of amides is 3. The first-order chi connectivity index (χ1) is 9.38. The van der Waals surface area contributed by atoms with Crippen molar-refractivity contribution in [1.29, 1.82) is 0 Å². The van der Waals surface area contributed by atoms with Crippen molar-refractivity contribution < 1.29 is 19.5 Å². The number of carbonyl (C=O) groups excluding carboxylic acids is 2. The number of imide groups is 1. The molecule has 0 atom stereocenters. The van der Waals surface area contributed by atoms with Crippen LogP contribution in [0.1, 0.15) is 19.3 Å². The molecular weight excluding hydrogens is 398 g/mol. The molecule has 0 radical (unpaired) electrons. The molecule has 0 bridgehead atoms. The first-order valence-corrected chi connectivity index (χ1v) is 7.12. The maximum atomic E-state index is 11.5. The normalized spacial score (nSPS) is 9.90. The summed E-state index contributed by atoms with van der Waals surface area (Å²) in [5, 5.41) is 13.3. The lowest BCUT2D eigenvalue weighted by molar-refractivity contribution is -0.137. The summed E-state index contributed by atoms with van der Waals surface area (Å²) in [6, 6.07) is 4.36. The van der Waals surface area contributed by atoms with Crippen molar-refractivity contribution in [2.24, 2.45) is 0 Å². The molecule has 0 aliphatic rings. The third-order valence-electron chi connectivity index (χ3n) is 2.23. The second kappa shape index (κ2) is 8.05. The highest BCUT2D eigenvalue weighted by Gasteiger charge is 2.10. The molecule has 6 nitrogen and oxygen atoms in total. The molecule has 1 aromatic rings. The first-order valence-electron chi connectivity index (χ1n) is 5.66. The molecule has 0 spiro atoms. The summed E-state index contributed by atoms with van der Waals surface area (Å²) in [6.07, 6.45) is 0.0386. The zero-order valence-electron chi connectivity index (χ0n) is 10.3. The average Bonchev–Trinajstić information content (AvgIpc) is 2.32. The third-order valence-corrected chi connectivity index (χ3v) is 3.21. The number of urea groups is 1. The van der Waals surface area contributed by atoms with Crippen molar-refractivity contribution in [2.75, 3.05) is 5.32 Å². The van der Waals surface area contributed by atoms with Crippen LogP contribution in [-0.2, 0) is 9.59 Å². The van der Waals surface area contributed by atoms with Crippen molar-refractivity contribution in [1.82, 2.24) is 5.32 Å². The molecule has 0 fully saturated rings. The smallest absolute Gasteiger partial charge is 0.325 e. The highest BCUT2D eigenvalue weighted by Crippen LogP contribution is 2.23. The van der Waals surface area contributed by atoms with Crippen LogP contribution in [0, 0.1) is 3.57 Å². The summed E-state index contributed by atoms with van der Waals surface area (Å²) in [6.45, 7) is 0. The maximum absolute atomic E-state index is 11.5. The van der Waals surface area contributed by atoms with Gasteiger partial charge in [0.2, 0.25) is 5.91 Å². The van der Waals surface area contributed by atoms with E-state index >= 15 is 0 Å². The zero-order valence-corrected chi connectivity index (χ0v) is 13.2. The molecule has 20 heavy (non-hydrogen) atoms. The Morgan fingerprint density at radius 2 is 1.95 bits per heavy atom. The molecule has 0 saturated carbocycles. The van der Waals surface area contributed by atoms with E-state index in [0.717, 1.165) is 3.57 Å². The quantitative estimate of drug-likeness (QED) is 0.651. The Balaban J connectivity index is 2.43. The Kier molecular flexibility index (Phi) is 6.73. The number of nitrogens with one attached hydrogen (secondary N) is 2. The van der Waals surface area contributed by atoms with Crippen LogP contribution in [0.5, 0.6) is 0 Å². The van der Waals surface area contributed by atoms with Gasteiger partial charge in [0.1, 0.15) is 0 Å². The van der Waals surface area contributed by atoms with Crippen molar-refractivity contribution in [2.45, 2.75) is 19.3 Å². The van der Waals surface area contributed by atoms with Crippen LogP contribution < -0.4 is 10.6 Å². The van der Waals surface area contributed by atoms with Crippen LogP contribution in [0.3, 0.4) is 0 Å². The van der Waals surface area contributed by atoms with E-state index in [1.54, 1.807) is 18.2 Å². The van der Waals surface area contributed by atoms with Gasteiger partial charge in [-0.25, -0.2) is 4.79 Å². The Labute approximate surface area is 134 Å². The zero-order chi connectivity index (χ0) is 15.1. The Morgan fingerprint density at radius 3 is 2.55 bits per heavy atom. The third kappa shape index (κ3) is 6.20. The number of carbonyl (C=O) groups is 3. The molecule has 0 aliphatic heterocycles. The number of benzene rings is 1. The van der Waals surface area contributed by atoms with Crippen LogP contribution in [0.15, 0.2) is 18.2 Å². The van der Waals surface area contributed by atoms with Gasteiger partial charge in [-0.2, -0.15) is 0 Å². The van der Waals surface area contributed by atoms with Crippen molar-refractivity contribution in [3.05, 3.63) is 26.8 Å². The molecule has 0 heterocycles. The van der Waals surface area contributed by atoms with E-state index in [9.17, 15) is 14.4 Å². The topological polar surface area (TPSA) is 95.5 Å². The highest BCUT2D eigenvalue weighted by atomic mass is 127. The molecule has 3 N–H and O–H groups in total. The van der Waals surface area contributed by atoms with Crippen LogP contribution in [0.25, 0.3) is 0 Å². The van der Waals surface area contributed by atoms with E-state index in [1.807, 2.05) is 0 Å². The second-order valence-electron chi connectivity index (χ2n) is 3.87. The van der Waals surface area contributed by atoms with E-state index in [0.29, 0.717) is 10.7 Å². The lowest BCUT2D eigenvalue weighted by Crippen LogP contribution is -2.34. The lowest BCUT2D eigenvalue weighted by atomic mass is 10.2. The van der Waals surface area contributed by atoms with Gasteiger partial charge < -0.3 is 10.4 Å². The summed E-state index contributed by atoms with van der Waals surface area (Å²) in [5.74, 6) is -1.52. The predicted molar refractivity (Wildman–Crippen MR) is 82.8 cm³/mol. The molecule has 1 rings (SSSR count). The predicted octanol–water partition coefficient (Wildman–Crippen LogP) is 2.85. The molecule has 0 unspecified atom stereocenters. The standard InChI is InChI=1S/C12H12ClIN2O4/c13-8-6-7(14)4-5-9(8)15-12(20)16-10(17)2-1-3-11(18)19/h4-6H,1-3H2,(H,18,19)(H2,15,16,17,20). The molecule has 1 aromatic carbocycles. The van der Waals surface area contributed by atoms with Crippen molar-refractivity contribution in [3.63, 3.8) is 0 Å². The monoisotopic (exact) mass is 410 g/mol. The molecule has 108 valence electrons. The number of hydrogen-bond acceptors (Lipinski definition) is 3. The summed E-state index contributed by atoms with van der Waals surface area (Å²) < 4.78 is 0.920. The number of anilines is 1.